The van der Waals surface area contributed by atoms with E-state index in [1.807, 2.05) is 36.6 Å². The predicted octanol–water partition coefficient (Wildman–Crippen LogP) is -15.9. The van der Waals surface area contributed by atoms with Gasteiger partial charge in [0.25, 0.3) is 0 Å². The molecular weight excluding hydrogens is 615 g/mol. The minimum Gasteiger partial charge on any atom is -1.00 e. The van der Waals surface area contributed by atoms with Crippen molar-refractivity contribution in [1.29, 1.82) is 0 Å². The van der Waals surface area contributed by atoms with Crippen LogP contribution in [0.4, 0.5) is 0 Å². The van der Waals surface area contributed by atoms with Crippen LogP contribution in [-0.4, -0.2) is 42.2 Å². The molecule has 0 aromatic heterocycles. The van der Waals surface area contributed by atoms with Crippen molar-refractivity contribution in [2.75, 3.05) is 12.0 Å². The molecule has 19 heavy (non-hydrogen) atoms. The van der Waals surface area contributed by atoms with Crippen molar-refractivity contribution in [2.45, 2.75) is 0 Å². The Balaban J connectivity index is -0.0000000411. The standard InChI is InChI=1S/C9H10BrOS.BrH.5ClH.Sb/c1-12(10)7-9(11)8-5-3-2-4-6-8;;;;;;;/h2-6H,7H2,1H3;6*1H;/q+1;;;;;;;+5/p-6. The first-order chi connectivity index (χ1) is 5.70. The van der Waals surface area contributed by atoms with Crippen molar-refractivity contribution < 1.29 is 83.8 Å². The molecule has 0 aliphatic rings. The largest absolute Gasteiger partial charge is 5.00 e. The summed E-state index contributed by atoms with van der Waals surface area (Å²) in [5, 5.41) is 0. The fourth-order valence-corrected chi connectivity index (χ4v) is 2.04. The maximum atomic E-state index is 11.4. The second kappa shape index (κ2) is 25.4. The van der Waals surface area contributed by atoms with E-state index in [-0.39, 0.29) is 119 Å². The topological polar surface area (TPSA) is 17.1 Å². The number of Topliss-reactive ketones (excluding diaryl/α,β-unsaturated/α-hetero) is 1. The van der Waals surface area contributed by atoms with Crippen LogP contribution < -0.4 is 79.0 Å². The molecule has 0 N–H and O–H groups in total. The van der Waals surface area contributed by atoms with Gasteiger partial charge in [-0.1, -0.05) is 30.3 Å². The van der Waals surface area contributed by atoms with Gasteiger partial charge >= 0.3 is 24.4 Å². The Kier molecular flexibility index (Phi) is 57.5. The minimum absolute atomic E-state index is 0. The molecule has 0 radical (unpaired) electrons. The molecule has 1 aromatic rings. The zero-order valence-electron chi connectivity index (χ0n) is 9.50. The molecule has 0 spiro atoms. The SMILES string of the molecule is C[S+](Br)CC(=O)c1ccccc1.[Br-].[Cl-].[Cl-].[Cl-].[Cl-].[Cl-].[Sb+5]. The quantitative estimate of drug-likeness (QED) is 0.186. The Morgan fingerprint density at radius 1 is 1.05 bits per heavy atom. The molecule has 0 aliphatic carbocycles. The van der Waals surface area contributed by atoms with Gasteiger partial charge < -0.3 is 79.0 Å². The van der Waals surface area contributed by atoms with E-state index in [1.165, 1.54) is 0 Å². The predicted molar refractivity (Wildman–Crippen MR) is 63.6 cm³/mol. The molecule has 10 heteroatoms. The molecule has 0 heterocycles. The van der Waals surface area contributed by atoms with Gasteiger partial charge in [0.15, 0.2) is 5.75 Å². The maximum absolute atomic E-state index is 11.4. The molecule has 1 atom stereocenters. The Morgan fingerprint density at radius 3 is 1.74 bits per heavy atom. The molecule has 1 unspecified atom stereocenters. The summed E-state index contributed by atoms with van der Waals surface area (Å²) in [5.74, 6) is 0.794. The summed E-state index contributed by atoms with van der Waals surface area (Å²) in [6.07, 6.45) is 2.00. The Bertz CT molecular complexity index is 283. The summed E-state index contributed by atoms with van der Waals surface area (Å²) >= 11 is 3.38. The van der Waals surface area contributed by atoms with Crippen molar-refractivity contribution in [3.8, 4) is 0 Å². The van der Waals surface area contributed by atoms with Gasteiger partial charge in [0, 0.05) is 5.56 Å². The van der Waals surface area contributed by atoms with Gasteiger partial charge in [-0.3, -0.25) is 4.79 Å². The van der Waals surface area contributed by atoms with Gasteiger partial charge in [0.05, 0.1) is 9.33 Å². The zero-order chi connectivity index (χ0) is 8.97. The van der Waals surface area contributed by atoms with Crippen molar-refractivity contribution in [1.82, 2.24) is 0 Å². The Hall–Kier alpha value is 2.47. The first-order valence-corrected chi connectivity index (χ1v) is 7.21. The number of ketones is 1. The van der Waals surface area contributed by atoms with Crippen LogP contribution in [0.5, 0.6) is 0 Å². The Morgan fingerprint density at radius 2 is 1.42 bits per heavy atom. The number of hydrogen-bond donors (Lipinski definition) is 0. The van der Waals surface area contributed by atoms with Crippen LogP contribution in [0.25, 0.3) is 0 Å². The van der Waals surface area contributed by atoms with Crippen LogP contribution in [0.3, 0.4) is 0 Å². The number of halogens is 7. The van der Waals surface area contributed by atoms with Gasteiger partial charge in [-0.05, 0) is 0 Å². The molecular formula is C9H10Br2Cl5OSSb. The van der Waals surface area contributed by atoms with Gasteiger partial charge in [0.2, 0.25) is 20.6 Å². The number of hydrogen-bond acceptors (Lipinski definition) is 1. The van der Waals surface area contributed by atoms with Crippen molar-refractivity contribution in [3.63, 3.8) is 0 Å². The van der Waals surface area contributed by atoms with E-state index in [0.29, 0.717) is 5.75 Å². The van der Waals surface area contributed by atoms with Gasteiger partial charge in [-0.15, -0.1) is 0 Å². The monoisotopic (exact) mass is 620 g/mol. The van der Waals surface area contributed by atoms with E-state index < -0.39 is 0 Å². The number of carbonyl (C=O) groups excluding carboxylic acids is 1. The first kappa shape index (κ1) is 43.0. The molecule has 0 saturated carbocycles. The second-order valence-electron chi connectivity index (χ2n) is 2.49. The van der Waals surface area contributed by atoms with Crippen LogP contribution in [0.15, 0.2) is 30.3 Å². The molecule has 0 fully saturated rings. The molecule has 0 bridgehead atoms. The molecule has 1 nitrogen and oxygen atoms in total. The van der Waals surface area contributed by atoms with E-state index in [1.54, 1.807) is 0 Å². The molecule has 0 amide bonds. The van der Waals surface area contributed by atoms with Crippen molar-refractivity contribution in [3.05, 3.63) is 35.9 Å². The van der Waals surface area contributed by atoms with Gasteiger partial charge in [-0.25, -0.2) is 0 Å². The van der Waals surface area contributed by atoms with Crippen LogP contribution in [0.2, 0.25) is 0 Å². The molecule has 0 saturated heterocycles. The Labute approximate surface area is 184 Å². The van der Waals surface area contributed by atoms with E-state index in [2.05, 4.69) is 14.8 Å². The normalized spacial score (nSPS) is 7.89. The van der Waals surface area contributed by atoms with Crippen molar-refractivity contribution >= 4 is 54.4 Å². The van der Waals surface area contributed by atoms with Gasteiger partial charge in [0.1, 0.15) is 6.26 Å². The smallest absolute Gasteiger partial charge is 1.00 e. The van der Waals surface area contributed by atoms with Crippen molar-refractivity contribution in [2.24, 2.45) is 0 Å². The minimum atomic E-state index is 0. The van der Waals surface area contributed by atoms with Crippen LogP contribution in [0.1, 0.15) is 10.4 Å². The third-order valence-electron chi connectivity index (χ3n) is 1.43. The number of benzene rings is 1. The fourth-order valence-electron chi connectivity index (χ4n) is 0.888. The van der Waals surface area contributed by atoms with E-state index in [4.69, 9.17) is 0 Å². The summed E-state index contributed by atoms with van der Waals surface area (Å²) in [4.78, 5) is 11.4. The molecule has 1 rings (SSSR count). The van der Waals surface area contributed by atoms with Crippen LogP contribution >= 0.6 is 14.8 Å². The average molecular weight is 625 g/mol. The van der Waals surface area contributed by atoms with Gasteiger partial charge in [-0.2, -0.15) is 0 Å². The summed E-state index contributed by atoms with van der Waals surface area (Å²) in [6, 6.07) is 9.38. The third kappa shape index (κ3) is 20.5. The zero-order valence-corrected chi connectivity index (χ0v) is 19.8. The number of rotatable bonds is 3. The van der Waals surface area contributed by atoms with E-state index in [0.717, 1.165) is 5.56 Å². The second-order valence-corrected chi connectivity index (χ2v) is 7.19. The van der Waals surface area contributed by atoms with Crippen LogP contribution in [0, 0.1) is 0 Å². The number of carbonyl (C=O) groups is 1. The third-order valence-corrected chi connectivity index (χ3v) is 2.77. The summed E-state index contributed by atoms with van der Waals surface area (Å²) in [7, 11) is 0.0168. The van der Waals surface area contributed by atoms with Crippen LogP contribution in [-0.2, 0) is 9.33 Å². The molecule has 0 aliphatic heterocycles. The summed E-state index contributed by atoms with van der Waals surface area (Å²) in [5.41, 5.74) is 0.802. The fraction of sp³-hybridized carbons (Fsp3) is 0.222. The maximum Gasteiger partial charge on any atom is 5.00 e. The molecule has 112 valence electrons. The summed E-state index contributed by atoms with van der Waals surface area (Å²) in [6.45, 7) is 0. The van der Waals surface area contributed by atoms with E-state index in [9.17, 15) is 4.79 Å². The molecule has 1 aromatic carbocycles. The first-order valence-electron chi connectivity index (χ1n) is 3.57. The summed E-state index contributed by atoms with van der Waals surface area (Å²) < 4.78 is 0. The van der Waals surface area contributed by atoms with E-state index >= 15 is 0 Å². The average Bonchev–Trinajstić information content (AvgIpc) is 2.05.